The van der Waals surface area contributed by atoms with Crippen LogP contribution in [0.5, 0.6) is 0 Å². The standard InChI is InChI=1S/C10H20N2O3/c1-10(2)7-8(3-5-15-10)12-4-6-14-9(11)13/h8,12H,3-7H2,1-2H3,(H2,11,13). The Balaban J connectivity index is 2.13. The average molecular weight is 216 g/mol. The molecule has 0 bridgehead atoms. The molecule has 1 rings (SSSR count). The highest BCUT2D eigenvalue weighted by molar-refractivity contribution is 5.64. The van der Waals surface area contributed by atoms with E-state index < -0.39 is 6.09 Å². The second-order valence-electron chi connectivity index (χ2n) is 4.42. The number of rotatable bonds is 4. The minimum absolute atomic E-state index is 0.0551. The van der Waals surface area contributed by atoms with Crippen molar-refractivity contribution in [3.8, 4) is 0 Å². The Bertz CT molecular complexity index is 219. The van der Waals surface area contributed by atoms with Gasteiger partial charge in [-0.25, -0.2) is 4.79 Å². The van der Waals surface area contributed by atoms with Crippen LogP contribution in [0.2, 0.25) is 0 Å². The van der Waals surface area contributed by atoms with E-state index in [9.17, 15) is 4.79 Å². The van der Waals surface area contributed by atoms with E-state index in [-0.39, 0.29) is 5.60 Å². The number of amides is 1. The lowest BCUT2D eigenvalue weighted by atomic mass is 9.94. The fraction of sp³-hybridized carbons (Fsp3) is 0.900. The summed E-state index contributed by atoms with van der Waals surface area (Å²) in [7, 11) is 0. The molecule has 0 aromatic rings. The highest BCUT2D eigenvalue weighted by Gasteiger charge is 2.28. The molecule has 15 heavy (non-hydrogen) atoms. The summed E-state index contributed by atoms with van der Waals surface area (Å²) < 4.78 is 10.2. The largest absolute Gasteiger partial charge is 0.448 e. The fourth-order valence-corrected chi connectivity index (χ4v) is 1.82. The molecule has 1 aliphatic rings. The van der Waals surface area contributed by atoms with Gasteiger partial charge in [-0.1, -0.05) is 0 Å². The zero-order valence-electron chi connectivity index (χ0n) is 9.41. The Kier molecular flexibility index (Phi) is 4.35. The summed E-state index contributed by atoms with van der Waals surface area (Å²) >= 11 is 0. The van der Waals surface area contributed by atoms with Crippen LogP contribution in [0, 0.1) is 0 Å². The van der Waals surface area contributed by atoms with E-state index in [0.29, 0.717) is 19.2 Å². The lowest BCUT2D eigenvalue weighted by Gasteiger charge is -2.35. The van der Waals surface area contributed by atoms with Crippen molar-refractivity contribution in [1.29, 1.82) is 0 Å². The van der Waals surface area contributed by atoms with Gasteiger partial charge in [0.25, 0.3) is 0 Å². The first-order chi connectivity index (χ1) is 6.99. The minimum Gasteiger partial charge on any atom is -0.448 e. The first-order valence-corrected chi connectivity index (χ1v) is 5.29. The molecule has 1 aliphatic heterocycles. The first kappa shape index (κ1) is 12.3. The Hall–Kier alpha value is -0.810. The summed E-state index contributed by atoms with van der Waals surface area (Å²) in [5.74, 6) is 0. The molecule has 5 nitrogen and oxygen atoms in total. The number of nitrogens with one attached hydrogen (secondary N) is 1. The second-order valence-corrected chi connectivity index (χ2v) is 4.42. The second kappa shape index (κ2) is 5.32. The number of carbonyl (C=O) groups excluding carboxylic acids is 1. The Labute approximate surface area is 90.3 Å². The normalized spacial score (nSPS) is 24.8. The van der Waals surface area contributed by atoms with E-state index in [1.807, 2.05) is 0 Å². The molecule has 1 saturated heterocycles. The monoisotopic (exact) mass is 216 g/mol. The summed E-state index contributed by atoms with van der Waals surface area (Å²) in [6.45, 7) is 5.92. The molecule has 0 aliphatic carbocycles. The first-order valence-electron chi connectivity index (χ1n) is 5.29. The molecule has 0 aromatic heterocycles. The molecule has 0 radical (unpaired) electrons. The number of hydrogen-bond donors (Lipinski definition) is 2. The van der Waals surface area contributed by atoms with Gasteiger partial charge >= 0.3 is 6.09 Å². The van der Waals surface area contributed by atoms with Crippen LogP contribution in [-0.2, 0) is 9.47 Å². The lowest BCUT2D eigenvalue weighted by Crippen LogP contribution is -2.44. The molecule has 1 atom stereocenters. The zero-order chi connectivity index (χ0) is 11.3. The predicted octanol–water partition coefficient (Wildman–Crippen LogP) is 0.629. The molecule has 88 valence electrons. The van der Waals surface area contributed by atoms with Gasteiger partial charge in [0.15, 0.2) is 0 Å². The summed E-state index contributed by atoms with van der Waals surface area (Å²) in [6.07, 6.45) is 1.26. The number of ether oxygens (including phenoxy) is 2. The third-order valence-corrected chi connectivity index (χ3v) is 2.48. The maximum atomic E-state index is 10.3. The molecule has 0 spiro atoms. The highest BCUT2D eigenvalue weighted by Crippen LogP contribution is 2.23. The van der Waals surface area contributed by atoms with E-state index in [0.717, 1.165) is 19.4 Å². The Morgan fingerprint density at radius 1 is 1.67 bits per heavy atom. The van der Waals surface area contributed by atoms with Gasteiger partial charge in [0, 0.05) is 19.2 Å². The van der Waals surface area contributed by atoms with Crippen LogP contribution in [-0.4, -0.2) is 37.5 Å². The van der Waals surface area contributed by atoms with Crippen LogP contribution in [0.15, 0.2) is 0 Å². The lowest BCUT2D eigenvalue weighted by molar-refractivity contribution is -0.0631. The topological polar surface area (TPSA) is 73.6 Å². The average Bonchev–Trinajstić information content (AvgIpc) is 2.10. The van der Waals surface area contributed by atoms with Crippen molar-refractivity contribution in [2.75, 3.05) is 19.8 Å². The molecule has 1 fully saturated rings. The molecule has 3 N–H and O–H groups in total. The molecular weight excluding hydrogens is 196 g/mol. The SMILES string of the molecule is CC1(C)CC(NCCOC(N)=O)CCO1. The molecular formula is C10H20N2O3. The molecule has 1 heterocycles. The minimum atomic E-state index is -0.718. The zero-order valence-corrected chi connectivity index (χ0v) is 9.41. The molecule has 1 amide bonds. The molecule has 5 heteroatoms. The van der Waals surface area contributed by atoms with Crippen LogP contribution in [0.3, 0.4) is 0 Å². The Morgan fingerprint density at radius 2 is 2.40 bits per heavy atom. The van der Waals surface area contributed by atoms with Crippen LogP contribution in [0.1, 0.15) is 26.7 Å². The number of primary amides is 1. The van der Waals surface area contributed by atoms with Gasteiger partial charge in [-0.3, -0.25) is 0 Å². The predicted molar refractivity (Wildman–Crippen MR) is 56.6 cm³/mol. The van der Waals surface area contributed by atoms with Gasteiger partial charge < -0.3 is 20.5 Å². The van der Waals surface area contributed by atoms with Gasteiger partial charge in [0.2, 0.25) is 0 Å². The van der Waals surface area contributed by atoms with E-state index in [1.165, 1.54) is 0 Å². The van der Waals surface area contributed by atoms with Gasteiger partial charge in [-0.15, -0.1) is 0 Å². The summed E-state index contributed by atoms with van der Waals surface area (Å²) in [5.41, 5.74) is 4.79. The fourth-order valence-electron chi connectivity index (χ4n) is 1.82. The van der Waals surface area contributed by atoms with Crippen molar-refractivity contribution in [2.45, 2.75) is 38.3 Å². The Morgan fingerprint density at radius 3 is 3.00 bits per heavy atom. The number of hydrogen-bond acceptors (Lipinski definition) is 4. The van der Waals surface area contributed by atoms with Crippen molar-refractivity contribution >= 4 is 6.09 Å². The van der Waals surface area contributed by atoms with E-state index in [2.05, 4.69) is 23.9 Å². The van der Waals surface area contributed by atoms with Crippen molar-refractivity contribution in [3.05, 3.63) is 0 Å². The van der Waals surface area contributed by atoms with Gasteiger partial charge in [-0.2, -0.15) is 0 Å². The van der Waals surface area contributed by atoms with Gasteiger partial charge in [0.05, 0.1) is 5.60 Å². The maximum absolute atomic E-state index is 10.3. The van der Waals surface area contributed by atoms with Crippen LogP contribution < -0.4 is 11.1 Å². The maximum Gasteiger partial charge on any atom is 0.404 e. The summed E-state index contributed by atoms with van der Waals surface area (Å²) in [4.78, 5) is 10.3. The summed E-state index contributed by atoms with van der Waals surface area (Å²) in [6, 6.07) is 0.435. The van der Waals surface area contributed by atoms with Gasteiger partial charge in [0.1, 0.15) is 6.61 Å². The van der Waals surface area contributed by atoms with E-state index >= 15 is 0 Å². The van der Waals surface area contributed by atoms with Crippen LogP contribution in [0.25, 0.3) is 0 Å². The van der Waals surface area contributed by atoms with Gasteiger partial charge in [-0.05, 0) is 26.7 Å². The number of carbonyl (C=O) groups is 1. The third kappa shape index (κ3) is 4.99. The third-order valence-electron chi connectivity index (χ3n) is 2.48. The summed E-state index contributed by atoms with van der Waals surface area (Å²) in [5, 5.41) is 3.32. The van der Waals surface area contributed by atoms with Crippen molar-refractivity contribution < 1.29 is 14.3 Å². The molecule has 1 unspecified atom stereocenters. The quantitative estimate of drug-likeness (QED) is 0.676. The molecule has 0 saturated carbocycles. The number of nitrogens with two attached hydrogens (primary N) is 1. The van der Waals surface area contributed by atoms with Crippen molar-refractivity contribution in [2.24, 2.45) is 5.73 Å². The van der Waals surface area contributed by atoms with Crippen LogP contribution in [0.4, 0.5) is 4.79 Å². The van der Waals surface area contributed by atoms with Crippen LogP contribution >= 0.6 is 0 Å². The van der Waals surface area contributed by atoms with Crippen molar-refractivity contribution in [3.63, 3.8) is 0 Å². The highest BCUT2D eigenvalue weighted by atomic mass is 16.5. The van der Waals surface area contributed by atoms with Crippen molar-refractivity contribution in [1.82, 2.24) is 5.32 Å². The van der Waals surface area contributed by atoms with E-state index in [1.54, 1.807) is 0 Å². The molecule has 0 aromatic carbocycles. The van der Waals surface area contributed by atoms with E-state index in [4.69, 9.17) is 10.5 Å². The smallest absolute Gasteiger partial charge is 0.404 e.